The third-order valence-electron chi connectivity index (χ3n) is 6.01. The minimum Gasteiger partial charge on any atom is -0.493 e. The van der Waals surface area contributed by atoms with E-state index in [4.69, 9.17) is 25.7 Å². The van der Waals surface area contributed by atoms with Crippen molar-refractivity contribution in [2.45, 2.75) is 25.4 Å². The Labute approximate surface area is 210 Å². The zero-order valence-corrected chi connectivity index (χ0v) is 20.3. The molecular formula is C27H29N5O4. The molecule has 2 aromatic carbocycles. The Hall–Kier alpha value is -4.29. The van der Waals surface area contributed by atoms with E-state index in [1.165, 1.54) is 4.90 Å². The van der Waals surface area contributed by atoms with Gasteiger partial charge in [0.1, 0.15) is 11.9 Å². The van der Waals surface area contributed by atoms with Gasteiger partial charge in [-0.1, -0.05) is 24.3 Å². The molecule has 186 valence electrons. The van der Waals surface area contributed by atoms with Gasteiger partial charge in [0.15, 0.2) is 11.5 Å². The zero-order chi connectivity index (χ0) is 25.5. The molecule has 0 saturated carbocycles. The molecule has 2 heterocycles. The van der Waals surface area contributed by atoms with E-state index in [2.05, 4.69) is 21.9 Å². The second kappa shape index (κ2) is 11.4. The molecule has 1 saturated heterocycles. The van der Waals surface area contributed by atoms with Crippen LogP contribution in [0.15, 0.2) is 54.7 Å². The first kappa shape index (κ1) is 24.8. The number of carbonyl (C=O) groups is 1. The van der Waals surface area contributed by atoms with Crippen LogP contribution >= 0.6 is 0 Å². The normalized spacial score (nSPS) is 16.9. The maximum atomic E-state index is 13.5. The van der Waals surface area contributed by atoms with Gasteiger partial charge in [-0.15, -0.1) is 0 Å². The quantitative estimate of drug-likeness (QED) is 0.401. The van der Waals surface area contributed by atoms with E-state index < -0.39 is 6.10 Å². The molecule has 2 atom stereocenters. The molecule has 4 N–H and O–H groups in total. The lowest BCUT2D eigenvalue weighted by molar-refractivity contribution is -0.133. The minimum atomic E-state index is -0.608. The number of aromatic nitrogens is 2. The molecule has 0 aliphatic carbocycles. The number of hydrogen-bond acceptors (Lipinski definition) is 8. The number of ether oxygens (including phenoxy) is 3. The number of anilines is 3. The van der Waals surface area contributed by atoms with Crippen molar-refractivity contribution in [2.75, 3.05) is 37.2 Å². The minimum absolute atomic E-state index is 0.149. The number of methoxy groups -OCH3 is 2. The molecule has 1 aromatic heterocycles. The van der Waals surface area contributed by atoms with Crippen LogP contribution in [-0.2, 0) is 16.0 Å². The number of rotatable bonds is 6. The molecule has 3 aromatic rings. The second-order valence-electron chi connectivity index (χ2n) is 8.40. The molecule has 9 nitrogen and oxygen atoms in total. The van der Waals surface area contributed by atoms with Crippen LogP contribution in [-0.4, -0.2) is 42.8 Å². The van der Waals surface area contributed by atoms with Gasteiger partial charge >= 0.3 is 0 Å². The van der Waals surface area contributed by atoms with Gasteiger partial charge in [-0.2, -0.15) is 4.98 Å². The number of benzene rings is 2. The van der Waals surface area contributed by atoms with Crippen molar-refractivity contribution >= 4 is 23.4 Å². The summed E-state index contributed by atoms with van der Waals surface area (Å²) in [7, 11) is 3.12. The first-order valence-electron chi connectivity index (χ1n) is 11.6. The average Bonchev–Trinajstić information content (AvgIpc) is 2.91. The summed E-state index contributed by atoms with van der Waals surface area (Å²) in [5.41, 5.74) is 13.7. The van der Waals surface area contributed by atoms with Crippen molar-refractivity contribution in [1.82, 2.24) is 9.97 Å². The van der Waals surface area contributed by atoms with E-state index in [0.717, 1.165) is 12.0 Å². The second-order valence-corrected chi connectivity index (χ2v) is 8.40. The van der Waals surface area contributed by atoms with Crippen LogP contribution in [0.4, 0.5) is 17.5 Å². The fourth-order valence-corrected chi connectivity index (χ4v) is 4.13. The summed E-state index contributed by atoms with van der Waals surface area (Å²) < 4.78 is 16.9. The van der Waals surface area contributed by atoms with E-state index in [1.54, 1.807) is 26.5 Å². The van der Waals surface area contributed by atoms with Crippen LogP contribution in [0.5, 0.6) is 11.5 Å². The summed E-state index contributed by atoms with van der Waals surface area (Å²) in [4.78, 5) is 23.0. The number of para-hydroxylation sites is 2. The fourth-order valence-electron chi connectivity index (χ4n) is 4.13. The monoisotopic (exact) mass is 487 g/mol. The van der Waals surface area contributed by atoms with Gasteiger partial charge in [-0.05, 0) is 55.4 Å². The zero-order valence-electron chi connectivity index (χ0n) is 20.3. The highest BCUT2D eigenvalue weighted by atomic mass is 16.5. The van der Waals surface area contributed by atoms with Crippen molar-refractivity contribution in [3.8, 4) is 23.5 Å². The Bertz CT molecular complexity index is 1260. The highest BCUT2D eigenvalue weighted by molar-refractivity contribution is 5.99. The van der Waals surface area contributed by atoms with Gasteiger partial charge in [0.25, 0.3) is 5.91 Å². The van der Waals surface area contributed by atoms with Gasteiger partial charge < -0.3 is 25.7 Å². The average molecular weight is 488 g/mol. The Morgan fingerprint density at radius 1 is 1.11 bits per heavy atom. The predicted octanol–water partition coefficient (Wildman–Crippen LogP) is 3.04. The van der Waals surface area contributed by atoms with Crippen LogP contribution in [0.3, 0.4) is 0 Å². The Kier molecular flexibility index (Phi) is 7.88. The van der Waals surface area contributed by atoms with E-state index >= 15 is 0 Å². The summed E-state index contributed by atoms with van der Waals surface area (Å²) >= 11 is 0. The number of hydrogen-bond donors (Lipinski definition) is 2. The van der Waals surface area contributed by atoms with Crippen LogP contribution in [0, 0.1) is 17.9 Å². The lowest BCUT2D eigenvalue weighted by atomic mass is 9.92. The molecule has 2 unspecified atom stereocenters. The first-order chi connectivity index (χ1) is 17.5. The van der Waals surface area contributed by atoms with Crippen LogP contribution in [0.25, 0.3) is 0 Å². The van der Waals surface area contributed by atoms with Crippen LogP contribution < -0.4 is 25.8 Å². The SMILES string of the molecule is COc1cccc(C#CN(C(=O)C2CCC(Cc3cnc(N)nc3N)CO2)c2ccccc2)c1OC. The van der Waals surface area contributed by atoms with Crippen molar-refractivity contribution < 1.29 is 19.0 Å². The number of nitrogens with zero attached hydrogens (tertiary/aromatic N) is 3. The lowest BCUT2D eigenvalue weighted by Gasteiger charge is -2.30. The van der Waals surface area contributed by atoms with Crippen molar-refractivity contribution in [3.05, 3.63) is 65.9 Å². The molecule has 1 amide bonds. The molecule has 36 heavy (non-hydrogen) atoms. The molecule has 1 fully saturated rings. The third kappa shape index (κ3) is 5.67. The molecule has 9 heteroatoms. The molecule has 1 aliphatic heterocycles. The molecule has 1 aliphatic rings. The highest BCUT2D eigenvalue weighted by Gasteiger charge is 2.31. The van der Waals surface area contributed by atoms with Gasteiger partial charge in [0.05, 0.1) is 32.1 Å². The lowest BCUT2D eigenvalue weighted by Crippen LogP contribution is -2.41. The standard InChI is InChI=1S/C27H29N5O4/c1-34-22-10-6-7-19(24(22)35-2)13-14-32(21-8-4-3-5-9-21)26(33)23-12-11-18(17-36-23)15-20-16-30-27(29)31-25(20)28/h3-10,16,18,23H,11-12,15,17H2,1-2H3,(H4,28,29,30,31). The Balaban J connectivity index is 1.51. The molecule has 4 rings (SSSR count). The van der Waals surface area contributed by atoms with Gasteiger partial charge in [-0.3, -0.25) is 4.79 Å². The number of amides is 1. The van der Waals surface area contributed by atoms with E-state index in [9.17, 15) is 4.79 Å². The summed E-state index contributed by atoms with van der Waals surface area (Å²) in [6.07, 6.45) is 3.05. The highest BCUT2D eigenvalue weighted by Crippen LogP contribution is 2.30. The summed E-state index contributed by atoms with van der Waals surface area (Å²) in [6.45, 7) is 0.417. The maximum Gasteiger partial charge on any atom is 0.267 e. The van der Waals surface area contributed by atoms with Crippen molar-refractivity contribution in [1.29, 1.82) is 0 Å². The van der Waals surface area contributed by atoms with Crippen LogP contribution in [0.2, 0.25) is 0 Å². The smallest absolute Gasteiger partial charge is 0.267 e. The van der Waals surface area contributed by atoms with Gasteiger partial charge in [0.2, 0.25) is 5.95 Å². The summed E-state index contributed by atoms with van der Waals surface area (Å²) in [6, 6.07) is 17.7. The predicted molar refractivity (Wildman–Crippen MR) is 137 cm³/mol. The molecular weight excluding hydrogens is 458 g/mol. The Morgan fingerprint density at radius 2 is 1.92 bits per heavy atom. The fraction of sp³-hybridized carbons (Fsp3) is 0.296. The maximum absolute atomic E-state index is 13.5. The van der Waals surface area contributed by atoms with Crippen molar-refractivity contribution in [3.63, 3.8) is 0 Å². The summed E-state index contributed by atoms with van der Waals surface area (Å²) in [5, 5.41) is 0. The van der Waals surface area contributed by atoms with E-state index in [-0.39, 0.29) is 17.8 Å². The van der Waals surface area contributed by atoms with Crippen molar-refractivity contribution in [2.24, 2.45) is 5.92 Å². The Morgan fingerprint density at radius 3 is 2.58 bits per heavy atom. The number of carbonyl (C=O) groups excluding carboxylic acids is 1. The van der Waals surface area contributed by atoms with E-state index in [0.29, 0.717) is 48.0 Å². The third-order valence-corrected chi connectivity index (χ3v) is 6.01. The van der Waals surface area contributed by atoms with Gasteiger partial charge in [0, 0.05) is 17.8 Å². The first-order valence-corrected chi connectivity index (χ1v) is 11.6. The molecule has 0 bridgehead atoms. The number of nitrogen functional groups attached to an aromatic ring is 2. The topological polar surface area (TPSA) is 126 Å². The largest absolute Gasteiger partial charge is 0.493 e. The van der Waals surface area contributed by atoms with E-state index in [1.807, 2.05) is 42.5 Å². The molecule has 0 radical (unpaired) electrons. The summed E-state index contributed by atoms with van der Waals surface area (Å²) in [5.74, 6) is 4.64. The van der Waals surface area contributed by atoms with Gasteiger partial charge in [-0.25, -0.2) is 9.88 Å². The molecule has 0 spiro atoms. The number of nitrogens with two attached hydrogens (primary N) is 2. The van der Waals surface area contributed by atoms with Crippen LogP contribution in [0.1, 0.15) is 24.0 Å².